The number of carbonyl (C=O) groups is 4. The van der Waals surface area contributed by atoms with E-state index in [4.69, 9.17) is 5.73 Å². The first-order chi connectivity index (χ1) is 14.3. The summed E-state index contributed by atoms with van der Waals surface area (Å²) in [6, 6.07) is 5.96. The topological polar surface area (TPSA) is 151 Å². The molecule has 11 heteroatoms. The highest BCUT2D eigenvalue weighted by atomic mass is 32.2. The number of hydrogen-bond donors (Lipinski definition) is 6. The van der Waals surface area contributed by atoms with Crippen LogP contribution in [0.1, 0.15) is 12.0 Å². The van der Waals surface area contributed by atoms with Crippen molar-refractivity contribution in [3.63, 3.8) is 0 Å². The average Bonchev–Trinajstić information content (AvgIpc) is 2.74. The lowest BCUT2D eigenvalue weighted by molar-refractivity contribution is -0.142. The van der Waals surface area contributed by atoms with Crippen molar-refractivity contribution < 1.29 is 24.3 Å². The molecule has 0 aliphatic heterocycles. The van der Waals surface area contributed by atoms with Crippen LogP contribution in [0.25, 0.3) is 0 Å². The van der Waals surface area contributed by atoms with Gasteiger partial charge >= 0.3 is 5.97 Å². The number of nitrogens with one attached hydrogen (secondary N) is 3. The fourth-order valence-corrected chi connectivity index (χ4v) is 3.27. The van der Waals surface area contributed by atoms with Crippen LogP contribution in [0, 0.1) is 0 Å². The Morgan fingerprint density at radius 3 is 2.17 bits per heavy atom. The second-order valence-electron chi connectivity index (χ2n) is 6.44. The molecule has 0 fully saturated rings. The van der Waals surface area contributed by atoms with Crippen LogP contribution < -0.4 is 21.7 Å². The van der Waals surface area contributed by atoms with Gasteiger partial charge in [-0.1, -0.05) is 30.3 Å². The summed E-state index contributed by atoms with van der Waals surface area (Å²) in [5.74, 6) is -2.41. The Hall–Kier alpha value is -2.24. The summed E-state index contributed by atoms with van der Waals surface area (Å²) >= 11 is 5.56. The summed E-state index contributed by atoms with van der Waals surface area (Å²) in [5, 5.41) is 16.8. The van der Waals surface area contributed by atoms with E-state index in [1.54, 1.807) is 24.3 Å². The van der Waals surface area contributed by atoms with E-state index in [1.165, 1.54) is 11.8 Å². The Labute approximate surface area is 185 Å². The van der Waals surface area contributed by atoms with Crippen molar-refractivity contribution in [2.45, 2.75) is 31.0 Å². The monoisotopic (exact) mass is 456 g/mol. The molecule has 0 radical (unpaired) electrons. The number of rotatable bonds is 13. The van der Waals surface area contributed by atoms with Crippen molar-refractivity contribution in [1.29, 1.82) is 0 Å². The van der Waals surface area contributed by atoms with Gasteiger partial charge in [-0.05, 0) is 24.0 Å². The molecule has 0 bridgehead atoms. The molecule has 3 atom stereocenters. The lowest BCUT2D eigenvalue weighted by Gasteiger charge is -2.23. The van der Waals surface area contributed by atoms with E-state index in [0.29, 0.717) is 5.75 Å². The number of carbonyl (C=O) groups excluding carboxylic acids is 3. The standard InChI is InChI=1S/C19H28N4O5S2/c1-30-8-7-13(19(27)28)22-18(26)15(11-29)23-17(25)14(21-16(24)10-20)9-12-5-3-2-4-6-12/h2-6,13-15,29H,7-11,20H2,1H3,(H,21,24)(H,22,26)(H,23,25)(H,27,28). The van der Waals surface area contributed by atoms with Gasteiger partial charge in [-0.2, -0.15) is 24.4 Å². The normalized spacial score (nSPS) is 13.6. The van der Waals surface area contributed by atoms with Crippen molar-refractivity contribution in [1.82, 2.24) is 16.0 Å². The number of amides is 3. The zero-order valence-electron chi connectivity index (χ0n) is 16.7. The average molecular weight is 457 g/mol. The lowest BCUT2D eigenvalue weighted by atomic mass is 10.0. The highest BCUT2D eigenvalue weighted by Crippen LogP contribution is 2.05. The third kappa shape index (κ3) is 9.06. The minimum absolute atomic E-state index is 0.0463. The number of thioether (sulfide) groups is 1. The SMILES string of the molecule is CSCCC(NC(=O)C(CS)NC(=O)C(Cc1ccccc1)NC(=O)CN)C(=O)O. The second-order valence-corrected chi connectivity index (χ2v) is 7.79. The predicted molar refractivity (Wildman–Crippen MR) is 119 cm³/mol. The number of carboxylic acid groups (broad SMARTS) is 1. The molecule has 1 rings (SSSR count). The molecule has 1 aromatic rings. The first-order valence-corrected chi connectivity index (χ1v) is 11.3. The van der Waals surface area contributed by atoms with Crippen LogP contribution in [0.5, 0.6) is 0 Å². The van der Waals surface area contributed by atoms with Gasteiger partial charge in [0.05, 0.1) is 6.54 Å². The maximum absolute atomic E-state index is 12.8. The molecule has 166 valence electrons. The van der Waals surface area contributed by atoms with Crippen LogP contribution in [0.3, 0.4) is 0 Å². The van der Waals surface area contributed by atoms with Crippen LogP contribution in [0.15, 0.2) is 30.3 Å². The molecule has 9 nitrogen and oxygen atoms in total. The van der Waals surface area contributed by atoms with Gasteiger partial charge in [0, 0.05) is 12.2 Å². The number of carboxylic acids is 1. The molecular weight excluding hydrogens is 428 g/mol. The van der Waals surface area contributed by atoms with Crippen LogP contribution in [-0.2, 0) is 25.6 Å². The molecule has 3 unspecified atom stereocenters. The summed E-state index contributed by atoms with van der Waals surface area (Å²) < 4.78 is 0. The fraction of sp³-hybridized carbons (Fsp3) is 0.474. The van der Waals surface area contributed by atoms with Crippen molar-refractivity contribution in [2.24, 2.45) is 5.73 Å². The minimum Gasteiger partial charge on any atom is -0.480 e. The smallest absolute Gasteiger partial charge is 0.326 e. The summed E-state index contributed by atoms with van der Waals surface area (Å²) in [4.78, 5) is 48.4. The van der Waals surface area contributed by atoms with E-state index < -0.39 is 41.8 Å². The summed E-state index contributed by atoms with van der Waals surface area (Å²) in [5.41, 5.74) is 6.15. The van der Waals surface area contributed by atoms with Gasteiger partial charge in [0.2, 0.25) is 17.7 Å². The highest BCUT2D eigenvalue weighted by molar-refractivity contribution is 7.98. The van der Waals surface area contributed by atoms with Gasteiger partial charge in [-0.15, -0.1) is 0 Å². The maximum Gasteiger partial charge on any atom is 0.326 e. The molecule has 0 aliphatic rings. The van der Waals surface area contributed by atoms with E-state index in [1.807, 2.05) is 12.3 Å². The molecule has 3 amide bonds. The van der Waals surface area contributed by atoms with Gasteiger partial charge in [0.1, 0.15) is 18.1 Å². The van der Waals surface area contributed by atoms with E-state index in [9.17, 15) is 24.3 Å². The second kappa shape index (κ2) is 13.9. The number of aliphatic carboxylic acids is 1. The molecule has 0 spiro atoms. The van der Waals surface area contributed by atoms with Crippen LogP contribution in [0.2, 0.25) is 0 Å². The Kier molecular flexibility index (Phi) is 11.9. The Morgan fingerprint density at radius 2 is 1.63 bits per heavy atom. The van der Waals surface area contributed by atoms with Crippen molar-refractivity contribution >= 4 is 48.1 Å². The van der Waals surface area contributed by atoms with E-state index >= 15 is 0 Å². The molecule has 30 heavy (non-hydrogen) atoms. The third-order valence-electron chi connectivity index (χ3n) is 4.16. The molecule has 0 aliphatic carbocycles. The number of benzene rings is 1. The Morgan fingerprint density at radius 1 is 1.03 bits per heavy atom. The van der Waals surface area contributed by atoms with Crippen LogP contribution in [0.4, 0.5) is 0 Å². The highest BCUT2D eigenvalue weighted by Gasteiger charge is 2.28. The molecule has 0 saturated carbocycles. The molecule has 6 N–H and O–H groups in total. The van der Waals surface area contributed by atoms with E-state index in [2.05, 4.69) is 28.6 Å². The Bertz CT molecular complexity index is 720. The largest absolute Gasteiger partial charge is 0.480 e. The van der Waals surface area contributed by atoms with Gasteiger partial charge < -0.3 is 26.8 Å². The lowest BCUT2D eigenvalue weighted by Crippen LogP contribution is -2.57. The van der Waals surface area contributed by atoms with Gasteiger partial charge in [-0.3, -0.25) is 14.4 Å². The zero-order valence-corrected chi connectivity index (χ0v) is 18.4. The molecule has 1 aromatic carbocycles. The number of nitrogens with two attached hydrogens (primary N) is 1. The van der Waals surface area contributed by atoms with Gasteiger partial charge in [0.15, 0.2) is 0 Å². The number of thiol groups is 1. The summed E-state index contributed by atoms with van der Waals surface area (Å²) in [7, 11) is 0. The fourth-order valence-electron chi connectivity index (χ4n) is 2.54. The van der Waals surface area contributed by atoms with E-state index in [-0.39, 0.29) is 25.1 Å². The summed E-state index contributed by atoms with van der Waals surface area (Å²) in [6.45, 7) is -0.287. The van der Waals surface area contributed by atoms with Gasteiger partial charge in [-0.25, -0.2) is 4.79 Å². The van der Waals surface area contributed by atoms with E-state index in [0.717, 1.165) is 5.56 Å². The molecule has 0 saturated heterocycles. The maximum atomic E-state index is 12.8. The molecule has 0 aromatic heterocycles. The zero-order chi connectivity index (χ0) is 22.5. The molecular formula is C19H28N4O5S2. The quantitative estimate of drug-likeness (QED) is 0.217. The first kappa shape index (κ1) is 25.8. The van der Waals surface area contributed by atoms with Crippen molar-refractivity contribution in [2.75, 3.05) is 24.3 Å². The van der Waals surface area contributed by atoms with Crippen LogP contribution in [-0.4, -0.2) is 71.2 Å². The molecule has 0 heterocycles. The van der Waals surface area contributed by atoms with Crippen LogP contribution >= 0.6 is 24.4 Å². The summed E-state index contributed by atoms with van der Waals surface area (Å²) in [6.07, 6.45) is 2.28. The Balaban J connectivity index is 2.85. The van der Waals surface area contributed by atoms with Crippen molar-refractivity contribution in [3.8, 4) is 0 Å². The number of hydrogen-bond acceptors (Lipinski definition) is 7. The third-order valence-corrected chi connectivity index (χ3v) is 5.17. The van der Waals surface area contributed by atoms with Crippen molar-refractivity contribution in [3.05, 3.63) is 35.9 Å². The minimum atomic E-state index is -1.15. The van der Waals surface area contributed by atoms with Gasteiger partial charge in [0.25, 0.3) is 0 Å². The predicted octanol–water partition coefficient (Wildman–Crippen LogP) is -0.590. The first-order valence-electron chi connectivity index (χ1n) is 9.29.